The lowest BCUT2D eigenvalue weighted by Crippen LogP contribution is -2.43. The first kappa shape index (κ1) is 19.0. The van der Waals surface area contributed by atoms with Crippen molar-refractivity contribution in [3.05, 3.63) is 24.3 Å². The highest BCUT2D eigenvalue weighted by Gasteiger charge is 2.27. The van der Waals surface area contributed by atoms with Gasteiger partial charge < -0.3 is 10.6 Å². The molecule has 0 radical (unpaired) electrons. The Balaban J connectivity index is 1.86. The van der Waals surface area contributed by atoms with Gasteiger partial charge in [-0.2, -0.15) is 13.2 Å². The van der Waals surface area contributed by atoms with E-state index < -0.39 is 11.9 Å². The Bertz CT molecular complexity index is 551. The molecule has 1 amide bonds. The summed E-state index contributed by atoms with van der Waals surface area (Å²) >= 11 is 0.723. The van der Waals surface area contributed by atoms with Crippen LogP contribution in [-0.2, 0) is 4.79 Å². The summed E-state index contributed by atoms with van der Waals surface area (Å²) in [5.41, 5.74) is 0.554. The summed E-state index contributed by atoms with van der Waals surface area (Å²) in [5.74, 6) is -0.598. The molecule has 0 spiro atoms. The van der Waals surface area contributed by atoms with Crippen LogP contribution in [0.15, 0.2) is 29.2 Å². The predicted octanol–water partition coefficient (Wildman–Crippen LogP) is 4.45. The van der Waals surface area contributed by atoms with Gasteiger partial charge in [-0.15, -0.1) is 11.8 Å². The lowest BCUT2D eigenvalue weighted by molar-refractivity contribution is -0.120. The van der Waals surface area contributed by atoms with Gasteiger partial charge in [0.15, 0.2) is 0 Å². The largest absolute Gasteiger partial charge is 0.398 e. The summed E-state index contributed by atoms with van der Waals surface area (Å²) in [6.07, 6.45) is 0.224. The molecule has 0 aromatic heterocycles. The summed E-state index contributed by atoms with van der Waals surface area (Å²) in [4.78, 5) is 12.6. The van der Waals surface area contributed by atoms with Gasteiger partial charge >= 0.3 is 6.18 Å². The highest BCUT2D eigenvalue weighted by Crippen LogP contribution is 2.32. The van der Waals surface area contributed by atoms with E-state index in [1.807, 2.05) is 0 Å². The number of amides is 1. The van der Waals surface area contributed by atoms with Crippen LogP contribution < -0.4 is 10.6 Å². The molecule has 0 unspecified atom stereocenters. The minimum Gasteiger partial charge on any atom is -0.375 e. The van der Waals surface area contributed by atoms with Crippen molar-refractivity contribution in [1.82, 2.24) is 5.32 Å². The van der Waals surface area contributed by atoms with Gasteiger partial charge in [-0.3, -0.25) is 4.79 Å². The van der Waals surface area contributed by atoms with Crippen LogP contribution in [0.5, 0.6) is 0 Å². The molecular weight excluding hydrogens is 337 g/mol. The normalized spacial score (nSPS) is 21.3. The summed E-state index contributed by atoms with van der Waals surface area (Å²) < 4.78 is 37.1. The number of thioether (sulfide) groups is 1. The Morgan fingerprint density at radius 3 is 2.67 bits per heavy atom. The van der Waals surface area contributed by atoms with Crippen molar-refractivity contribution in [1.29, 1.82) is 0 Å². The predicted molar refractivity (Wildman–Crippen MR) is 91.3 cm³/mol. The summed E-state index contributed by atoms with van der Waals surface area (Å²) in [5, 5.41) is 5.98. The van der Waals surface area contributed by atoms with Gasteiger partial charge in [0.05, 0.1) is 12.3 Å². The van der Waals surface area contributed by atoms with Gasteiger partial charge in [-0.25, -0.2) is 0 Å². The standard InChI is InChI=1S/C17H23F3N2OS/c1-12-6-2-3-7-13(12)22-16(23)10-21-14-8-4-5-9-15(14)24-11-17(18,19)20/h4-5,8-9,12-13,21H,2-3,6-7,10-11H2,1H3,(H,22,23)/t12-,13+/m0/s1. The molecule has 2 rings (SSSR count). The van der Waals surface area contributed by atoms with E-state index in [2.05, 4.69) is 17.6 Å². The molecule has 0 bridgehead atoms. The molecule has 1 fully saturated rings. The number of carbonyl (C=O) groups excluding carboxylic acids is 1. The van der Waals surface area contributed by atoms with Crippen molar-refractivity contribution < 1.29 is 18.0 Å². The number of nitrogens with one attached hydrogen (secondary N) is 2. The molecule has 1 saturated carbocycles. The topological polar surface area (TPSA) is 41.1 Å². The molecule has 24 heavy (non-hydrogen) atoms. The summed E-state index contributed by atoms with van der Waals surface area (Å²) in [7, 11) is 0. The van der Waals surface area contributed by atoms with E-state index in [0.717, 1.165) is 31.0 Å². The molecule has 2 atom stereocenters. The van der Waals surface area contributed by atoms with Crippen molar-refractivity contribution in [3.63, 3.8) is 0 Å². The summed E-state index contributed by atoms with van der Waals surface area (Å²) in [6, 6.07) is 6.94. The number of anilines is 1. The molecule has 0 saturated heterocycles. The quantitative estimate of drug-likeness (QED) is 0.737. The number of rotatable bonds is 6. The number of carbonyl (C=O) groups is 1. The van der Waals surface area contributed by atoms with Gasteiger partial charge in [0.1, 0.15) is 0 Å². The third-order valence-electron chi connectivity index (χ3n) is 4.18. The fourth-order valence-corrected chi connectivity index (χ4v) is 3.65. The zero-order valence-electron chi connectivity index (χ0n) is 13.7. The number of para-hydroxylation sites is 1. The van der Waals surface area contributed by atoms with E-state index in [9.17, 15) is 18.0 Å². The van der Waals surface area contributed by atoms with E-state index in [4.69, 9.17) is 0 Å². The zero-order valence-corrected chi connectivity index (χ0v) is 14.5. The second kappa shape index (κ2) is 8.65. The van der Waals surface area contributed by atoms with Crippen LogP contribution in [0.4, 0.5) is 18.9 Å². The highest BCUT2D eigenvalue weighted by atomic mass is 32.2. The maximum absolute atomic E-state index is 12.4. The van der Waals surface area contributed by atoms with Crippen LogP contribution in [0, 0.1) is 5.92 Å². The number of hydrogen-bond acceptors (Lipinski definition) is 3. The van der Waals surface area contributed by atoms with Crippen LogP contribution in [0.1, 0.15) is 32.6 Å². The van der Waals surface area contributed by atoms with Crippen LogP contribution in [0.3, 0.4) is 0 Å². The first-order valence-electron chi connectivity index (χ1n) is 8.17. The fraction of sp³-hybridized carbons (Fsp3) is 0.588. The number of halogens is 3. The Morgan fingerprint density at radius 1 is 1.25 bits per heavy atom. The van der Waals surface area contributed by atoms with Crippen LogP contribution in [-0.4, -0.2) is 30.4 Å². The average molecular weight is 360 g/mol. The number of alkyl halides is 3. The first-order valence-corrected chi connectivity index (χ1v) is 9.15. The zero-order chi connectivity index (χ0) is 17.6. The van der Waals surface area contributed by atoms with E-state index >= 15 is 0 Å². The van der Waals surface area contributed by atoms with Crippen molar-refractivity contribution >= 4 is 23.4 Å². The van der Waals surface area contributed by atoms with Crippen molar-refractivity contribution in [2.24, 2.45) is 5.92 Å². The maximum atomic E-state index is 12.4. The van der Waals surface area contributed by atoms with E-state index in [-0.39, 0.29) is 18.5 Å². The molecule has 0 heterocycles. The third-order valence-corrected chi connectivity index (χ3v) is 5.31. The molecular formula is C17H23F3N2OS. The van der Waals surface area contributed by atoms with E-state index in [1.54, 1.807) is 24.3 Å². The Hall–Kier alpha value is -1.37. The smallest absolute Gasteiger partial charge is 0.375 e. The first-order chi connectivity index (χ1) is 11.3. The molecule has 2 N–H and O–H groups in total. The van der Waals surface area contributed by atoms with Crippen LogP contribution in [0.2, 0.25) is 0 Å². The molecule has 134 valence electrons. The molecule has 1 aromatic rings. The Kier molecular flexibility index (Phi) is 6.83. The highest BCUT2D eigenvalue weighted by molar-refractivity contribution is 7.99. The van der Waals surface area contributed by atoms with Gasteiger partial charge in [0.25, 0.3) is 0 Å². The number of benzene rings is 1. The average Bonchev–Trinajstić information content (AvgIpc) is 2.53. The SMILES string of the molecule is C[C@H]1CCCC[C@H]1NC(=O)CNc1ccccc1SCC(F)(F)F. The molecule has 3 nitrogen and oxygen atoms in total. The van der Waals surface area contributed by atoms with Gasteiger partial charge in [0.2, 0.25) is 5.91 Å². The van der Waals surface area contributed by atoms with Crippen molar-refractivity contribution in [2.75, 3.05) is 17.6 Å². The van der Waals surface area contributed by atoms with Crippen LogP contribution in [0.25, 0.3) is 0 Å². The van der Waals surface area contributed by atoms with Gasteiger partial charge in [0, 0.05) is 16.6 Å². The van der Waals surface area contributed by atoms with Crippen LogP contribution >= 0.6 is 11.8 Å². The lowest BCUT2D eigenvalue weighted by atomic mass is 9.86. The fourth-order valence-electron chi connectivity index (χ4n) is 2.86. The summed E-state index contributed by atoms with van der Waals surface area (Å²) in [6.45, 7) is 2.20. The lowest BCUT2D eigenvalue weighted by Gasteiger charge is -2.29. The molecule has 1 aliphatic carbocycles. The maximum Gasteiger partial charge on any atom is 0.398 e. The molecule has 7 heteroatoms. The number of hydrogen-bond donors (Lipinski definition) is 2. The van der Waals surface area contributed by atoms with Crippen molar-refractivity contribution in [2.45, 2.75) is 49.7 Å². The van der Waals surface area contributed by atoms with E-state index in [1.165, 1.54) is 6.42 Å². The van der Waals surface area contributed by atoms with Crippen molar-refractivity contribution in [3.8, 4) is 0 Å². The van der Waals surface area contributed by atoms with E-state index in [0.29, 0.717) is 16.5 Å². The monoisotopic (exact) mass is 360 g/mol. The second-order valence-electron chi connectivity index (χ2n) is 6.19. The second-order valence-corrected chi connectivity index (χ2v) is 7.21. The molecule has 1 aromatic carbocycles. The third kappa shape index (κ3) is 6.26. The molecule has 1 aliphatic rings. The van der Waals surface area contributed by atoms with Gasteiger partial charge in [-0.1, -0.05) is 31.9 Å². The Morgan fingerprint density at radius 2 is 1.96 bits per heavy atom. The molecule has 0 aliphatic heterocycles. The van der Waals surface area contributed by atoms with Gasteiger partial charge in [-0.05, 0) is 30.9 Å². The minimum atomic E-state index is -4.22. The minimum absolute atomic E-state index is 0.0623. The Labute approximate surface area is 144 Å².